The lowest BCUT2D eigenvalue weighted by molar-refractivity contribution is 0.102. The van der Waals surface area contributed by atoms with E-state index in [4.69, 9.17) is 5.73 Å². The van der Waals surface area contributed by atoms with E-state index in [1.807, 2.05) is 24.3 Å². The summed E-state index contributed by atoms with van der Waals surface area (Å²) in [6.45, 7) is 0. The maximum absolute atomic E-state index is 12.1. The second-order valence-corrected chi connectivity index (χ2v) is 4.17. The van der Waals surface area contributed by atoms with E-state index in [2.05, 4.69) is 25.7 Å². The fourth-order valence-electron chi connectivity index (χ4n) is 1.84. The Bertz CT molecular complexity index is 795. The third-order valence-electron chi connectivity index (χ3n) is 2.74. The smallest absolute Gasteiger partial charge is 0.276 e. The lowest BCUT2D eigenvalue weighted by Gasteiger charge is -2.05. The van der Waals surface area contributed by atoms with E-state index in [0.717, 1.165) is 10.8 Å². The molecule has 3 aromatic rings. The summed E-state index contributed by atoms with van der Waals surface area (Å²) in [5.41, 5.74) is 6.06. The Labute approximate surface area is 113 Å². The van der Waals surface area contributed by atoms with Crippen molar-refractivity contribution < 1.29 is 4.79 Å². The number of carbonyl (C=O) groups excluding carboxylic acids is 1. The normalized spacial score (nSPS) is 10.7. The number of benzene rings is 1. The topological polar surface area (TPSA) is 112 Å². The third-order valence-corrected chi connectivity index (χ3v) is 2.74. The van der Waals surface area contributed by atoms with Crippen molar-refractivity contribution in [3.63, 3.8) is 0 Å². The van der Waals surface area contributed by atoms with Gasteiger partial charge in [-0.15, -0.1) is 5.10 Å². The number of carbonyl (C=O) groups is 1. The molecule has 2 heterocycles. The Kier molecular flexibility index (Phi) is 2.75. The van der Waals surface area contributed by atoms with Crippen LogP contribution in [0.2, 0.25) is 0 Å². The number of nitrogens with one attached hydrogen (secondary N) is 1. The first-order valence-electron chi connectivity index (χ1n) is 5.84. The Balaban J connectivity index is 1.95. The van der Waals surface area contributed by atoms with Crippen molar-refractivity contribution in [3.05, 3.63) is 36.0 Å². The highest BCUT2D eigenvalue weighted by molar-refractivity contribution is 6.05. The highest BCUT2D eigenvalue weighted by Crippen LogP contribution is 2.20. The number of tetrazole rings is 1. The van der Waals surface area contributed by atoms with Gasteiger partial charge >= 0.3 is 0 Å². The summed E-state index contributed by atoms with van der Waals surface area (Å²) in [7, 11) is 1.61. The Hall–Kier alpha value is -3.03. The van der Waals surface area contributed by atoms with E-state index in [9.17, 15) is 4.79 Å². The zero-order chi connectivity index (χ0) is 14.1. The number of hydrogen-bond acceptors (Lipinski definition) is 6. The molecular weight excluding hydrogens is 258 g/mol. The number of aryl methyl sites for hydroxylation is 1. The standard InChI is InChI=1S/C12H11N7O/c1-19-17-12(16-18-19)15-11(20)9-6-7-4-2-3-5-8(7)10(13)14-9/h2-6H,1H3,(H2,13,14)(H,15,17,20). The van der Waals surface area contributed by atoms with Gasteiger partial charge in [-0.25, -0.2) is 4.98 Å². The van der Waals surface area contributed by atoms with Gasteiger partial charge in [0.2, 0.25) is 0 Å². The van der Waals surface area contributed by atoms with E-state index < -0.39 is 5.91 Å². The maximum atomic E-state index is 12.1. The minimum Gasteiger partial charge on any atom is -0.383 e. The van der Waals surface area contributed by atoms with Gasteiger partial charge in [-0.2, -0.15) is 4.80 Å². The van der Waals surface area contributed by atoms with Gasteiger partial charge in [0.1, 0.15) is 11.5 Å². The van der Waals surface area contributed by atoms with Gasteiger partial charge in [-0.05, 0) is 16.7 Å². The quantitative estimate of drug-likeness (QED) is 0.704. The van der Waals surface area contributed by atoms with Crippen molar-refractivity contribution in [2.75, 3.05) is 11.1 Å². The Morgan fingerprint density at radius 2 is 2.15 bits per heavy atom. The lowest BCUT2D eigenvalue weighted by Crippen LogP contribution is -2.15. The summed E-state index contributed by atoms with van der Waals surface area (Å²) in [5, 5.41) is 15.3. The van der Waals surface area contributed by atoms with Gasteiger partial charge in [0.05, 0.1) is 7.05 Å². The van der Waals surface area contributed by atoms with Crippen molar-refractivity contribution in [3.8, 4) is 0 Å². The van der Waals surface area contributed by atoms with Gasteiger partial charge in [-0.3, -0.25) is 10.1 Å². The van der Waals surface area contributed by atoms with Crippen LogP contribution in [0.3, 0.4) is 0 Å². The predicted molar refractivity (Wildman–Crippen MR) is 72.9 cm³/mol. The highest BCUT2D eigenvalue weighted by Gasteiger charge is 2.13. The van der Waals surface area contributed by atoms with Crippen LogP contribution in [0, 0.1) is 0 Å². The van der Waals surface area contributed by atoms with Crippen LogP contribution in [0.1, 0.15) is 10.5 Å². The molecule has 0 unspecified atom stereocenters. The minimum absolute atomic E-state index is 0.117. The van der Waals surface area contributed by atoms with Gasteiger partial charge in [0.15, 0.2) is 0 Å². The summed E-state index contributed by atoms with van der Waals surface area (Å²) >= 11 is 0. The molecular formula is C12H11N7O. The van der Waals surface area contributed by atoms with Crippen LogP contribution in [0.15, 0.2) is 30.3 Å². The fourth-order valence-corrected chi connectivity index (χ4v) is 1.84. The summed E-state index contributed by atoms with van der Waals surface area (Å²) in [6, 6.07) is 9.11. The maximum Gasteiger partial charge on any atom is 0.276 e. The predicted octanol–water partition coefficient (Wildman–Crippen LogP) is 0.593. The van der Waals surface area contributed by atoms with Crippen molar-refractivity contribution in [2.24, 2.45) is 7.05 Å². The van der Waals surface area contributed by atoms with Crippen molar-refractivity contribution in [1.29, 1.82) is 0 Å². The fraction of sp³-hybridized carbons (Fsp3) is 0.0833. The molecule has 0 aliphatic heterocycles. The molecule has 0 radical (unpaired) electrons. The molecule has 0 fully saturated rings. The summed E-state index contributed by atoms with van der Waals surface area (Å²) in [6.07, 6.45) is 0. The van der Waals surface area contributed by atoms with Crippen LogP contribution in [-0.4, -0.2) is 31.1 Å². The second-order valence-electron chi connectivity index (χ2n) is 4.17. The highest BCUT2D eigenvalue weighted by atomic mass is 16.2. The molecule has 1 amide bonds. The number of anilines is 2. The van der Waals surface area contributed by atoms with Crippen molar-refractivity contribution in [1.82, 2.24) is 25.2 Å². The van der Waals surface area contributed by atoms with E-state index in [1.54, 1.807) is 13.1 Å². The van der Waals surface area contributed by atoms with E-state index in [1.165, 1.54) is 4.80 Å². The first-order valence-corrected chi connectivity index (χ1v) is 5.84. The van der Waals surface area contributed by atoms with Gasteiger partial charge in [0, 0.05) is 5.39 Å². The Morgan fingerprint density at radius 3 is 2.90 bits per heavy atom. The molecule has 0 spiro atoms. The van der Waals surface area contributed by atoms with E-state index >= 15 is 0 Å². The summed E-state index contributed by atoms with van der Waals surface area (Å²) in [4.78, 5) is 17.4. The zero-order valence-corrected chi connectivity index (χ0v) is 10.6. The number of rotatable bonds is 2. The number of pyridine rings is 1. The molecule has 0 aliphatic carbocycles. The molecule has 20 heavy (non-hydrogen) atoms. The average molecular weight is 269 g/mol. The lowest BCUT2D eigenvalue weighted by atomic mass is 10.1. The molecule has 3 N–H and O–H groups in total. The summed E-state index contributed by atoms with van der Waals surface area (Å²) < 4.78 is 0. The van der Waals surface area contributed by atoms with Crippen molar-refractivity contribution in [2.45, 2.75) is 0 Å². The van der Waals surface area contributed by atoms with E-state index in [-0.39, 0.29) is 11.6 Å². The van der Waals surface area contributed by atoms with E-state index in [0.29, 0.717) is 5.82 Å². The number of fused-ring (bicyclic) bond motifs is 1. The number of nitrogen functional groups attached to an aromatic ring is 1. The zero-order valence-electron chi connectivity index (χ0n) is 10.6. The number of nitrogens with two attached hydrogens (primary N) is 1. The van der Waals surface area contributed by atoms with Crippen molar-refractivity contribution >= 4 is 28.4 Å². The molecule has 0 atom stereocenters. The number of nitrogens with zero attached hydrogens (tertiary/aromatic N) is 5. The number of hydrogen-bond donors (Lipinski definition) is 2. The van der Waals surface area contributed by atoms with Crippen LogP contribution in [0.25, 0.3) is 10.8 Å². The largest absolute Gasteiger partial charge is 0.383 e. The molecule has 0 bridgehead atoms. The second kappa shape index (κ2) is 4.57. The van der Waals surface area contributed by atoms with Gasteiger partial charge < -0.3 is 5.73 Å². The molecule has 0 aliphatic rings. The number of aromatic nitrogens is 5. The minimum atomic E-state index is -0.435. The molecule has 3 rings (SSSR count). The molecule has 8 heteroatoms. The monoisotopic (exact) mass is 269 g/mol. The van der Waals surface area contributed by atoms with Crippen LogP contribution < -0.4 is 11.1 Å². The van der Waals surface area contributed by atoms with Crippen LogP contribution in [0.5, 0.6) is 0 Å². The SMILES string of the molecule is Cn1nnc(NC(=O)c2cc3ccccc3c(N)n2)n1. The van der Waals surface area contributed by atoms with Crippen LogP contribution >= 0.6 is 0 Å². The first kappa shape index (κ1) is 12.0. The van der Waals surface area contributed by atoms with Gasteiger partial charge in [-0.1, -0.05) is 29.4 Å². The summed E-state index contributed by atoms with van der Waals surface area (Å²) in [5.74, 6) is -0.0122. The van der Waals surface area contributed by atoms with Gasteiger partial charge in [0.25, 0.3) is 11.9 Å². The molecule has 0 saturated heterocycles. The van der Waals surface area contributed by atoms with Crippen LogP contribution in [0.4, 0.5) is 11.8 Å². The Morgan fingerprint density at radius 1 is 1.35 bits per heavy atom. The van der Waals surface area contributed by atoms with Crippen LogP contribution in [-0.2, 0) is 7.05 Å². The average Bonchev–Trinajstić information content (AvgIpc) is 2.84. The molecule has 100 valence electrons. The molecule has 8 nitrogen and oxygen atoms in total. The molecule has 2 aromatic heterocycles. The third kappa shape index (κ3) is 2.14. The molecule has 1 aromatic carbocycles. The number of amides is 1. The first-order chi connectivity index (χ1) is 9.63. The molecule has 0 saturated carbocycles.